The number of anilines is 1. The van der Waals surface area contributed by atoms with Crippen molar-refractivity contribution in [3.8, 4) is 0 Å². The van der Waals surface area contributed by atoms with Gasteiger partial charge in [0.25, 0.3) is 5.91 Å². The molecule has 0 saturated carbocycles. The highest BCUT2D eigenvalue weighted by molar-refractivity contribution is 6.31. The summed E-state index contributed by atoms with van der Waals surface area (Å²) >= 11 is 6.08. The van der Waals surface area contributed by atoms with Crippen LogP contribution < -0.4 is 10.3 Å². The second kappa shape index (κ2) is 6.32. The maximum Gasteiger partial charge on any atom is 0.296 e. The molecule has 1 atom stereocenters. The first kappa shape index (κ1) is 16.7. The van der Waals surface area contributed by atoms with Crippen LogP contribution in [0.15, 0.2) is 82.1 Å². The maximum absolute atomic E-state index is 13.4. The molecular formula is C22H13ClN2O3. The van der Waals surface area contributed by atoms with E-state index >= 15 is 0 Å². The Kier molecular flexibility index (Phi) is 3.77. The largest absolute Gasteiger partial charge is 0.450 e. The van der Waals surface area contributed by atoms with Gasteiger partial charge in [0.15, 0.2) is 5.43 Å². The third-order valence-corrected chi connectivity index (χ3v) is 5.08. The lowest BCUT2D eigenvalue weighted by Crippen LogP contribution is -2.30. The lowest BCUT2D eigenvalue weighted by atomic mass is 9.98. The van der Waals surface area contributed by atoms with Gasteiger partial charge in [-0.25, -0.2) is 4.98 Å². The van der Waals surface area contributed by atoms with Gasteiger partial charge in [-0.05, 0) is 35.9 Å². The lowest BCUT2D eigenvalue weighted by molar-refractivity contribution is 0.0970. The summed E-state index contributed by atoms with van der Waals surface area (Å²) in [5, 5.41) is 0.782. The topological polar surface area (TPSA) is 63.4 Å². The van der Waals surface area contributed by atoms with E-state index in [1.165, 1.54) is 4.90 Å². The molecule has 5 nitrogen and oxygen atoms in total. The first-order chi connectivity index (χ1) is 13.6. The average molecular weight is 389 g/mol. The van der Waals surface area contributed by atoms with Crippen LogP contribution in [0.4, 0.5) is 5.82 Å². The molecule has 3 heterocycles. The fourth-order valence-electron chi connectivity index (χ4n) is 3.63. The number of aromatic nitrogens is 1. The van der Waals surface area contributed by atoms with Gasteiger partial charge >= 0.3 is 0 Å². The van der Waals surface area contributed by atoms with Gasteiger partial charge in [-0.2, -0.15) is 0 Å². The fraction of sp³-hybridized carbons (Fsp3) is 0.0455. The minimum absolute atomic E-state index is 0.0410. The van der Waals surface area contributed by atoms with Crippen molar-refractivity contribution in [1.82, 2.24) is 4.98 Å². The zero-order chi connectivity index (χ0) is 19.3. The van der Waals surface area contributed by atoms with Gasteiger partial charge in [-0.15, -0.1) is 0 Å². The quantitative estimate of drug-likeness (QED) is 0.503. The summed E-state index contributed by atoms with van der Waals surface area (Å²) in [7, 11) is 0. The lowest BCUT2D eigenvalue weighted by Gasteiger charge is -2.24. The molecule has 0 fully saturated rings. The summed E-state index contributed by atoms with van der Waals surface area (Å²) in [6, 6.07) is 18.9. The maximum atomic E-state index is 13.4. The molecule has 6 heteroatoms. The highest BCUT2D eigenvalue weighted by Crippen LogP contribution is 2.40. The molecule has 0 aliphatic carbocycles. The van der Waals surface area contributed by atoms with Gasteiger partial charge < -0.3 is 4.42 Å². The minimum Gasteiger partial charge on any atom is -0.450 e. The van der Waals surface area contributed by atoms with Crippen molar-refractivity contribution in [2.75, 3.05) is 4.90 Å². The Morgan fingerprint density at radius 3 is 2.50 bits per heavy atom. The average Bonchev–Trinajstić information content (AvgIpc) is 3.03. The summed E-state index contributed by atoms with van der Waals surface area (Å²) in [6.45, 7) is 0. The number of halogens is 1. The Labute approximate surface area is 164 Å². The number of carbonyl (C=O) groups is 1. The highest BCUT2D eigenvalue weighted by atomic mass is 35.5. The Morgan fingerprint density at radius 2 is 1.75 bits per heavy atom. The van der Waals surface area contributed by atoms with E-state index in [1.807, 2.05) is 30.3 Å². The number of carbonyl (C=O) groups excluding carboxylic acids is 1. The standard InChI is InChI=1S/C22H13ClN2O3/c23-14-9-10-16-15(12-14)20(26)18-19(13-6-2-1-3-7-13)25(22(27)21(18)28-16)17-8-4-5-11-24-17/h1-12,19H/t19-/m0/s1. The molecule has 1 aliphatic heterocycles. The summed E-state index contributed by atoms with van der Waals surface area (Å²) in [5.41, 5.74) is 1.17. The molecule has 0 unspecified atom stereocenters. The van der Waals surface area contributed by atoms with Crippen molar-refractivity contribution in [2.24, 2.45) is 0 Å². The Bertz CT molecular complexity index is 1270. The van der Waals surface area contributed by atoms with E-state index in [0.29, 0.717) is 27.4 Å². The van der Waals surface area contributed by atoms with E-state index < -0.39 is 11.9 Å². The molecule has 1 amide bonds. The highest BCUT2D eigenvalue weighted by Gasteiger charge is 2.44. The van der Waals surface area contributed by atoms with Gasteiger partial charge in [0.05, 0.1) is 17.0 Å². The molecule has 0 spiro atoms. The van der Waals surface area contributed by atoms with Gasteiger partial charge in [-0.1, -0.05) is 48.0 Å². The smallest absolute Gasteiger partial charge is 0.296 e. The van der Waals surface area contributed by atoms with Crippen LogP contribution in [0.25, 0.3) is 11.0 Å². The van der Waals surface area contributed by atoms with E-state index in [2.05, 4.69) is 4.98 Å². The van der Waals surface area contributed by atoms with E-state index in [0.717, 1.165) is 5.56 Å². The first-order valence-corrected chi connectivity index (χ1v) is 9.09. The van der Waals surface area contributed by atoms with Crippen LogP contribution in [0, 0.1) is 0 Å². The van der Waals surface area contributed by atoms with Crippen molar-refractivity contribution in [2.45, 2.75) is 6.04 Å². The Morgan fingerprint density at radius 1 is 0.964 bits per heavy atom. The second-order valence-corrected chi connectivity index (χ2v) is 6.93. The molecule has 0 N–H and O–H groups in total. The zero-order valence-corrected chi connectivity index (χ0v) is 15.3. The van der Waals surface area contributed by atoms with Crippen LogP contribution in [0.5, 0.6) is 0 Å². The van der Waals surface area contributed by atoms with Crippen molar-refractivity contribution < 1.29 is 9.21 Å². The summed E-state index contributed by atoms with van der Waals surface area (Å²) in [4.78, 5) is 32.5. The van der Waals surface area contributed by atoms with Crippen LogP contribution in [0.2, 0.25) is 5.02 Å². The van der Waals surface area contributed by atoms with Gasteiger partial charge in [-0.3, -0.25) is 14.5 Å². The number of benzene rings is 2. The van der Waals surface area contributed by atoms with Gasteiger partial charge in [0, 0.05) is 11.2 Å². The molecule has 2 aromatic heterocycles. The molecule has 0 saturated heterocycles. The zero-order valence-electron chi connectivity index (χ0n) is 14.5. The van der Waals surface area contributed by atoms with Gasteiger partial charge in [0.2, 0.25) is 5.76 Å². The van der Waals surface area contributed by atoms with E-state index in [9.17, 15) is 9.59 Å². The summed E-state index contributed by atoms with van der Waals surface area (Å²) in [5.74, 6) is 0.102. The Balaban J connectivity index is 1.84. The predicted molar refractivity (Wildman–Crippen MR) is 107 cm³/mol. The van der Waals surface area contributed by atoms with Crippen molar-refractivity contribution in [1.29, 1.82) is 0 Å². The molecular weight excluding hydrogens is 376 g/mol. The molecule has 0 radical (unpaired) electrons. The number of fused-ring (bicyclic) bond motifs is 2. The number of nitrogens with zero attached hydrogens (tertiary/aromatic N) is 2. The molecule has 2 aromatic carbocycles. The van der Waals surface area contributed by atoms with Gasteiger partial charge in [0.1, 0.15) is 11.4 Å². The third-order valence-electron chi connectivity index (χ3n) is 4.84. The van der Waals surface area contributed by atoms with Crippen LogP contribution in [0.3, 0.4) is 0 Å². The number of pyridine rings is 1. The van der Waals surface area contributed by atoms with Crippen molar-refractivity contribution in [3.63, 3.8) is 0 Å². The van der Waals surface area contributed by atoms with E-state index in [-0.39, 0.29) is 11.2 Å². The van der Waals surface area contributed by atoms with Crippen molar-refractivity contribution >= 4 is 34.3 Å². The monoisotopic (exact) mass is 388 g/mol. The van der Waals surface area contributed by atoms with E-state index in [1.54, 1.807) is 42.6 Å². The molecule has 136 valence electrons. The normalized spacial score (nSPS) is 15.8. The van der Waals surface area contributed by atoms with Crippen LogP contribution >= 0.6 is 11.6 Å². The van der Waals surface area contributed by atoms with Crippen LogP contribution in [-0.4, -0.2) is 10.9 Å². The SMILES string of the molecule is O=C1c2oc3ccc(Cl)cc3c(=O)c2[C@H](c2ccccc2)N1c1ccccn1. The summed E-state index contributed by atoms with van der Waals surface area (Å²) in [6.07, 6.45) is 1.61. The number of amides is 1. The minimum atomic E-state index is -0.627. The molecule has 28 heavy (non-hydrogen) atoms. The van der Waals surface area contributed by atoms with Crippen LogP contribution in [-0.2, 0) is 0 Å². The first-order valence-electron chi connectivity index (χ1n) is 8.71. The number of hydrogen-bond donors (Lipinski definition) is 0. The molecule has 4 aromatic rings. The second-order valence-electron chi connectivity index (χ2n) is 6.49. The molecule has 5 rings (SSSR count). The van der Waals surface area contributed by atoms with E-state index in [4.69, 9.17) is 16.0 Å². The summed E-state index contributed by atoms with van der Waals surface area (Å²) < 4.78 is 5.88. The number of hydrogen-bond acceptors (Lipinski definition) is 4. The predicted octanol–water partition coefficient (Wildman–Crippen LogP) is 4.59. The van der Waals surface area contributed by atoms with Crippen LogP contribution in [0.1, 0.15) is 27.7 Å². The third kappa shape index (κ3) is 2.44. The fourth-order valence-corrected chi connectivity index (χ4v) is 3.80. The number of rotatable bonds is 2. The molecule has 1 aliphatic rings. The van der Waals surface area contributed by atoms with Crippen molar-refractivity contribution in [3.05, 3.63) is 105 Å². The Hall–Kier alpha value is -3.44. The molecule has 0 bridgehead atoms.